The number of rotatable bonds is 10. The van der Waals surface area contributed by atoms with Gasteiger partial charge in [0.05, 0.1) is 6.04 Å². The van der Waals surface area contributed by atoms with Crippen molar-refractivity contribution in [2.45, 2.75) is 45.3 Å². The summed E-state index contributed by atoms with van der Waals surface area (Å²) < 4.78 is 0. The van der Waals surface area contributed by atoms with E-state index in [0.29, 0.717) is 0 Å². The second-order valence-corrected chi connectivity index (χ2v) is 7.05. The number of phenolic OH excluding ortho intramolecular Hbond substituents is 1. The van der Waals surface area contributed by atoms with Crippen LogP contribution in [0.15, 0.2) is 24.3 Å². The number of phenols is 1. The zero-order valence-electron chi connectivity index (χ0n) is 16.6. The van der Waals surface area contributed by atoms with Gasteiger partial charge in [0.25, 0.3) is 0 Å². The van der Waals surface area contributed by atoms with Crippen molar-refractivity contribution in [3.8, 4) is 5.75 Å². The highest BCUT2D eigenvalue weighted by atomic mass is 16.4. The average molecular weight is 408 g/mol. The number of hydrogen-bond acceptors (Lipinski definition) is 6. The van der Waals surface area contributed by atoms with Crippen LogP contribution in [0.5, 0.6) is 5.75 Å². The highest BCUT2D eigenvalue weighted by molar-refractivity contribution is 5.93. The van der Waals surface area contributed by atoms with Crippen LogP contribution in [-0.4, -0.2) is 58.6 Å². The first-order valence-electron chi connectivity index (χ1n) is 9.15. The minimum atomic E-state index is -1.20. The normalized spacial score (nSPS) is 13.8. The van der Waals surface area contributed by atoms with E-state index >= 15 is 0 Å². The first-order chi connectivity index (χ1) is 13.5. The topological polar surface area (TPSA) is 171 Å². The molecule has 0 saturated heterocycles. The smallest absolute Gasteiger partial charge is 0.322 e. The minimum Gasteiger partial charge on any atom is -0.508 e. The van der Waals surface area contributed by atoms with E-state index in [1.807, 2.05) is 0 Å². The lowest BCUT2D eigenvalue weighted by Gasteiger charge is -2.25. The maximum atomic E-state index is 12.5. The molecule has 1 aromatic rings. The molecule has 29 heavy (non-hydrogen) atoms. The molecule has 7 N–H and O–H groups in total. The summed E-state index contributed by atoms with van der Waals surface area (Å²) in [4.78, 5) is 47.2. The number of nitrogens with one attached hydrogen (secondary N) is 3. The predicted molar refractivity (Wildman–Crippen MR) is 105 cm³/mol. The number of carboxylic acids is 1. The van der Waals surface area contributed by atoms with Crippen LogP contribution in [0.3, 0.4) is 0 Å². The van der Waals surface area contributed by atoms with Crippen LogP contribution < -0.4 is 21.7 Å². The maximum absolute atomic E-state index is 12.5. The van der Waals surface area contributed by atoms with Gasteiger partial charge >= 0.3 is 5.97 Å². The van der Waals surface area contributed by atoms with Gasteiger partial charge in [-0.2, -0.15) is 0 Å². The van der Waals surface area contributed by atoms with Gasteiger partial charge < -0.3 is 31.9 Å². The predicted octanol–water partition coefficient (Wildman–Crippen LogP) is -0.892. The molecule has 0 fully saturated rings. The van der Waals surface area contributed by atoms with E-state index in [4.69, 9.17) is 10.8 Å². The third-order valence-electron chi connectivity index (χ3n) is 4.14. The van der Waals surface area contributed by atoms with Crippen LogP contribution in [0, 0.1) is 5.92 Å². The van der Waals surface area contributed by atoms with Gasteiger partial charge in [0, 0.05) is 0 Å². The van der Waals surface area contributed by atoms with Gasteiger partial charge in [-0.25, -0.2) is 0 Å². The summed E-state index contributed by atoms with van der Waals surface area (Å²) in [5.41, 5.74) is 6.68. The Balaban J connectivity index is 2.67. The molecule has 0 spiro atoms. The van der Waals surface area contributed by atoms with Crippen molar-refractivity contribution in [1.82, 2.24) is 16.0 Å². The third kappa shape index (κ3) is 8.18. The van der Waals surface area contributed by atoms with E-state index in [0.717, 1.165) is 5.56 Å². The van der Waals surface area contributed by atoms with Gasteiger partial charge in [0.15, 0.2) is 0 Å². The average Bonchev–Trinajstić information content (AvgIpc) is 2.64. The van der Waals surface area contributed by atoms with Crippen LogP contribution in [0.2, 0.25) is 0 Å². The molecule has 0 aliphatic rings. The SMILES string of the molecule is CC(NC(=O)C(NC(=O)C(N)Cc1ccc(O)cc1)C(C)C)C(=O)NCC(=O)O. The second kappa shape index (κ2) is 11.0. The molecule has 1 aromatic carbocycles. The Labute approximate surface area is 168 Å². The fraction of sp³-hybridized carbons (Fsp3) is 0.474. The number of nitrogens with two attached hydrogens (primary N) is 1. The minimum absolute atomic E-state index is 0.102. The van der Waals surface area contributed by atoms with E-state index in [9.17, 15) is 24.3 Å². The Hall–Kier alpha value is -3.14. The lowest BCUT2D eigenvalue weighted by atomic mass is 10.0. The summed E-state index contributed by atoms with van der Waals surface area (Å²) in [5, 5.41) is 25.1. The van der Waals surface area contributed by atoms with Crippen molar-refractivity contribution in [3.63, 3.8) is 0 Å². The molecular formula is C19H28N4O6. The van der Waals surface area contributed by atoms with Gasteiger partial charge in [-0.15, -0.1) is 0 Å². The Kier molecular flexibility index (Phi) is 9.07. The van der Waals surface area contributed by atoms with E-state index in [-0.39, 0.29) is 18.1 Å². The van der Waals surface area contributed by atoms with Crippen LogP contribution in [-0.2, 0) is 25.6 Å². The van der Waals surface area contributed by atoms with Gasteiger partial charge in [0.1, 0.15) is 24.4 Å². The quantitative estimate of drug-likeness (QED) is 0.291. The van der Waals surface area contributed by atoms with Crippen molar-refractivity contribution in [2.24, 2.45) is 11.7 Å². The molecule has 3 unspecified atom stereocenters. The van der Waals surface area contributed by atoms with Crippen molar-refractivity contribution in [3.05, 3.63) is 29.8 Å². The van der Waals surface area contributed by atoms with Crippen molar-refractivity contribution in [2.75, 3.05) is 6.54 Å². The van der Waals surface area contributed by atoms with E-state index in [2.05, 4.69) is 16.0 Å². The molecule has 3 atom stereocenters. The molecule has 10 nitrogen and oxygen atoms in total. The summed E-state index contributed by atoms with van der Waals surface area (Å²) >= 11 is 0. The lowest BCUT2D eigenvalue weighted by molar-refractivity contribution is -0.138. The second-order valence-electron chi connectivity index (χ2n) is 7.05. The Bertz CT molecular complexity index is 735. The molecule has 0 bridgehead atoms. The summed E-state index contributed by atoms with van der Waals surface area (Å²) in [6, 6.07) is 3.44. The standard InChI is InChI=1S/C19H28N4O6/c1-10(2)16(19(29)22-11(3)17(27)21-9-15(25)26)23-18(28)14(20)8-12-4-6-13(24)7-5-12/h4-7,10-11,14,16,24H,8-9,20H2,1-3H3,(H,21,27)(H,22,29)(H,23,28)(H,25,26). The highest BCUT2D eigenvalue weighted by Gasteiger charge is 2.28. The largest absolute Gasteiger partial charge is 0.508 e. The fourth-order valence-corrected chi connectivity index (χ4v) is 2.46. The Morgan fingerprint density at radius 1 is 0.966 bits per heavy atom. The molecule has 0 radical (unpaired) electrons. The first kappa shape index (κ1) is 23.9. The summed E-state index contributed by atoms with van der Waals surface area (Å²) in [6.45, 7) is 4.30. The number of amides is 3. The molecule has 1 rings (SSSR count). The highest BCUT2D eigenvalue weighted by Crippen LogP contribution is 2.11. The van der Waals surface area contributed by atoms with Gasteiger partial charge in [0.2, 0.25) is 17.7 Å². The van der Waals surface area contributed by atoms with Crippen molar-refractivity contribution in [1.29, 1.82) is 0 Å². The van der Waals surface area contributed by atoms with Crippen LogP contribution in [0.1, 0.15) is 26.3 Å². The summed E-state index contributed by atoms with van der Waals surface area (Å²) in [7, 11) is 0. The lowest BCUT2D eigenvalue weighted by Crippen LogP contribution is -2.57. The first-order valence-corrected chi connectivity index (χ1v) is 9.15. The van der Waals surface area contributed by atoms with E-state index < -0.39 is 48.4 Å². The van der Waals surface area contributed by atoms with Gasteiger partial charge in [-0.05, 0) is 37.0 Å². The fourth-order valence-electron chi connectivity index (χ4n) is 2.46. The van der Waals surface area contributed by atoms with Crippen LogP contribution in [0.25, 0.3) is 0 Å². The van der Waals surface area contributed by atoms with Crippen LogP contribution in [0.4, 0.5) is 0 Å². The number of hydrogen-bond donors (Lipinski definition) is 6. The zero-order valence-corrected chi connectivity index (χ0v) is 16.6. The molecule has 160 valence electrons. The molecule has 3 amide bonds. The molecule has 0 aliphatic heterocycles. The molecular weight excluding hydrogens is 380 g/mol. The number of carboxylic acid groups (broad SMARTS) is 1. The summed E-state index contributed by atoms with van der Waals surface area (Å²) in [6.07, 6.45) is 0.215. The zero-order chi connectivity index (χ0) is 22.1. The summed E-state index contributed by atoms with van der Waals surface area (Å²) in [5.74, 6) is -3.15. The number of carbonyl (C=O) groups is 4. The van der Waals surface area contributed by atoms with E-state index in [1.54, 1.807) is 26.0 Å². The Morgan fingerprint density at radius 2 is 1.55 bits per heavy atom. The van der Waals surface area contributed by atoms with Crippen LogP contribution >= 0.6 is 0 Å². The number of aromatic hydroxyl groups is 1. The van der Waals surface area contributed by atoms with E-state index in [1.165, 1.54) is 19.1 Å². The van der Waals surface area contributed by atoms with Crippen molar-refractivity contribution >= 4 is 23.7 Å². The van der Waals surface area contributed by atoms with Gasteiger partial charge in [-0.3, -0.25) is 19.2 Å². The number of carbonyl (C=O) groups excluding carboxylic acids is 3. The van der Waals surface area contributed by atoms with Crippen molar-refractivity contribution < 1.29 is 29.4 Å². The molecule has 0 heterocycles. The molecule has 10 heteroatoms. The molecule has 0 aliphatic carbocycles. The molecule has 0 aromatic heterocycles. The Morgan fingerprint density at radius 3 is 2.07 bits per heavy atom. The molecule has 0 saturated carbocycles. The maximum Gasteiger partial charge on any atom is 0.322 e. The van der Waals surface area contributed by atoms with Gasteiger partial charge in [-0.1, -0.05) is 26.0 Å². The third-order valence-corrected chi connectivity index (χ3v) is 4.14. The number of benzene rings is 1. The monoisotopic (exact) mass is 408 g/mol. The number of aliphatic carboxylic acids is 1.